The summed E-state index contributed by atoms with van der Waals surface area (Å²) in [5, 5.41) is 0. The normalized spacial score (nSPS) is 24.6. The molecule has 166 valence electrons. The zero-order valence-corrected chi connectivity index (χ0v) is 18.7. The smallest absolute Gasteiger partial charge is 0.238 e. The Bertz CT molecular complexity index is 1290. The van der Waals surface area contributed by atoms with Crippen molar-refractivity contribution in [3.05, 3.63) is 119 Å². The van der Waals surface area contributed by atoms with Crippen LogP contribution in [0.5, 0.6) is 0 Å². The molecule has 0 aromatic heterocycles. The number of hydrogen-bond acceptors (Lipinski definition) is 3. The van der Waals surface area contributed by atoms with Crippen molar-refractivity contribution in [1.82, 2.24) is 0 Å². The number of carbonyl (C=O) groups is 3. The van der Waals surface area contributed by atoms with Crippen LogP contribution in [0.3, 0.4) is 0 Å². The van der Waals surface area contributed by atoms with Gasteiger partial charge < -0.3 is 0 Å². The molecule has 4 atom stereocenters. The second kappa shape index (κ2) is 7.77. The third-order valence-electron chi connectivity index (χ3n) is 7.36. The molecule has 2 aliphatic carbocycles. The van der Waals surface area contributed by atoms with E-state index in [2.05, 4.69) is 36.4 Å². The van der Waals surface area contributed by atoms with E-state index in [9.17, 15) is 14.4 Å². The Kier molecular flexibility index (Phi) is 4.70. The first kappa shape index (κ1) is 20.5. The Balaban J connectivity index is 1.44. The minimum atomic E-state index is -0.396. The summed E-state index contributed by atoms with van der Waals surface area (Å²) in [7, 11) is 0. The fraction of sp³-hybridized carbons (Fsp3) is 0.167. The van der Waals surface area contributed by atoms with Crippen molar-refractivity contribution >= 4 is 28.9 Å². The van der Waals surface area contributed by atoms with Gasteiger partial charge in [0.1, 0.15) is 0 Å². The highest BCUT2D eigenvalue weighted by molar-refractivity contribution is 6.23. The van der Waals surface area contributed by atoms with Crippen LogP contribution in [0.15, 0.2) is 103 Å². The number of carbonyl (C=O) groups excluding carboxylic acids is 3. The fourth-order valence-corrected chi connectivity index (χ4v) is 5.91. The molecule has 4 heteroatoms. The molecule has 4 nitrogen and oxygen atoms in total. The lowest BCUT2D eigenvalue weighted by molar-refractivity contribution is -0.122. The fourth-order valence-electron chi connectivity index (χ4n) is 5.91. The molecule has 3 aromatic rings. The van der Waals surface area contributed by atoms with Crippen LogP contribution >= 0.6 is 0 Å². The molecule has 1 heterocycles. The maximum Gasteiger partial charge on any atom is 0.238 e. The molecule has 0 spiro atoms. The highest BCUT2D eigenvalue weighted by Gasteiger charge is 2.62. The third-order valence-corrected chi connectivity index (χ3v) is 7.36. The number of hydrogen-bond donors (Lipinski definition) is 0. The van der Waals surface area contributed by atoms with Gasteiger partial charge in [0.05, 0.1) is 17.5 Å². The highest BCUT2D eigenvalue weighted by Crippen LogP contribution is 2.58. The number of amides is 2. The third kappa shape index (κ3) is 2.95. The second-order valence-electron chi connectivity index (χ2n) is 9.17. The lowest BCUT2D eigenvalue weighted by atomic mass is 9.85. The number of rotatable bonds is 4. The Morgan fingerprint density at radius 1 is 0.647 bits per heavy atom. The van der Waals surface area contributed by atoms with Crippen molar-refractivity contribution in [2.45, 2.75) is 6.92 Å². The SMILES string of the molecule is CC(=O)c1ccc(N2C(=O)[C@@H]3[C@@H](C2=O)[C@H]2C=C[C@H]3C2=C(c2ccccc2)c2ccccc2)cc1. The Morgan fingerprint density at radius 2 is 1.12 bits per heavy atom. The van der Waals surface area contributed by atoms with Gasteiger partial charge in [-0.1, -0.05) is 72.8 Å². The molecule has 0 N–H and O–H groups in total. The molecule has 0 radical (unpaired) electrons. The van der Waals surface area contributed by atoms with Gasteiger partial charge in [0, 0.05) is 17.4 Å². The number of nitrogens with zero attached hydrogens (tertiary/aromatic N) is 1. The summed E-state index contributed by atoms with van der Waals surface area (Å²) >= 11 is 0. The van der Waals surface area contributed by atoms with E-state index in [4.69, 9.17) is 0 Å². The maximum atomic E-state index is 13.6. The van der Waals surface area contributed by atoms with Crippen LogP contribution in [-0.4, -0.2) is 17.6 Å². The van der Waals surface area contributed by atoms with E-state index >= 15 is 0 Å². The van der Waals surface area contributed by atoms with Gasteiger partial charge in [-0.05, 0) is 53.5 Å². The molecule has 34 heavy (non-hydrogen) atoms. The maximum absolute atomic E-state index is 13.6. The average molecular weight is 446 g/mol. The Hall–Kier alpha value is -4.05. The molecule has 2 amide bonds. The van der Waals surface area contributed by atoms with Gasteiger partial charge in [0.2, 0.25) is 11.8 Å². The van der Waals surface area contributed by atoms with E-state index in [1.165, 1.54) is 17.4 Å². The van der Waals surface area contributed by atoms with E-state index in [1.807, 2.05) is 36.4 Å². The number of imide groups is 1. The first-order valence-corrected chi connectivity index (χ1v) is 11.6. The molecular weight excluding hydrogens is 422 g/mol. The van der Waals surface area contributed by atoms with Crippen LogP contribution in [0, 0.1) is 23.7 Å². The first-order valence-electron chi connectivity index (χ1n) is 11.6. The second-order valence-corrected chi connectivity index (χ2v) is 9.17. The predicted molar refractivity (Wildman–Crippen MR) is 131 cm³/mol. The molecule has 3 aromatic carbocycles. The minimum Gasteiger partial charge on any atom is -0.295 e. The van der Waals surface area contributed by atoms with Crippen LogP contribution in [-0.2, 0) is 9.59 Å². The van der Waals surface area contributed by atoms with Crippen molar-refractivity contribution in [1.29, 1.82) is 0 Å². The van der Waals surface area contributed by atoms with Crippen LogP contribution in [0.1, 0.15) is 28.4 Å². The van der Waals surface area contributed by atoms with Crippen LogP contribution in [0.2, 0.25) is 0 Å². The number of Topliss-reactive ketones (excluding diaryl/α,β-unsaturated/α-hetero) is 1. The van der Waals surface area contributed by atoms with Crippen molar-refractivity contribution in [3.63, 3.8) is 0 Å². The van der Waals surface area contributed by atoms with Gasteiger partial charge in [-0.25, -0.2) is 4.90 Å². The van der Waals surface area contributed by atoms with Gasteiger partial charge in [-0.15, -0.1) is 0 Å². The summed E-state index contributed by atoms with van der Waals surface area (Å²) in [4.78, 5) is 40.2. The quantitative estimate of drug-likeness (QED) is 0.311. The molecule has 1 saturated heterocycles. The van der Waals surface area contributed by atoms with Gasteiger partial charge in [0.15, 0.2) is 5.78 Å². The highest BCUT2D eigenvalue weighted by atomic mass is 16.2. The van der Waals surface area contributed by atoms with Crippen molar-refractivity contribution in [2.75, 3.05) is 4.90 Å². The molecule has 3 aliphatic rings. The Morgan fingerprint density at radius 3 is 1.56 bits per heavy atom. The number of ketones is 1. The number of anilines is 1. The van der Waals surface area contributed by atoms with E-state index < -0.39 is 11.8 Å². The van der Waals surface area contributed by atoms with Crippen LogP contribution in [0.4, 0.5) is 5.69 Å². The van der Waals surface area contributed by atoms with E-state index in [0.717, 1.165) is 16.7 Å². The zero-order valence-electron chi connectivity index (χ0n) is 18.7. The summed E-state index contributed by atoms with van der Waals surface area (Å²) in [5.41, 5.74) is 5.57. The molecule has 1 saturated carbocycles. The summed E-state index contributed by atoms with van der Waals surface area (Å²) < 4.78 is 0. The first-order chi connectivity index (χ1) is 16.6. The Labute approximate surface area is 198 Å². The minimum absolute atomic E-state index is 0.0473. The van der Waals surface area contributed by atoms with Gasteiger partial charge in [-0.3, -0.25) is 14.4 Å². The molecular formula is C30H23NO3. The standard InChI is InChI=1S/C30H23NO3/c1-18(32)19-12-14-22(15-13-19)31-29(33)27-23-16-17-24(28(27)30(31)34)26(23)25(20-8-4-2-5-9-20)21-10-6-3-7-11-21/h2-17,23-24,27-28H,1H3/t23-,24-,27-,28-/m0/s1. The summed E-state index contributed by atoms with van der Waals surface area (Å²) in [6, 6.07) is 27.2. The monoisotopic (exact) mass is 445 g/mol. The lowest BCUT2D eigenvalue weighted by Crippen LogP contribution is -2.33. The predicted octanol–water partition coefficient (Wildman–Crippen LogP) is 5.31. The molecule has 0 unspecified atom stereocenters. The van der Waals surface area contributed by atoms with Crippen LogP contribution < -0.4 is 4.90 Å². The van der Waals surface area contributed by atoms with E-state index in [-0.39, 0.29) is 29.4 Å². The summed E-state index contributed by atoms with van der Waals surface area (Å²) in [6.07, 6.45) is 4.22. The van der Waals surface area contributed by atoms with Gasteiger partial charge in [0.25, 0.3) is 0 Å². The van der Waals surface area contributed by atoms with Gasteiger partial charge >= 0.3 is 0 Å². The topological polar surface area (TPSA) is 54.5 Å². The molecule has 1 aliphatic heterocycles. The number of allylic oxidation sites excluding steroid dienone is 3. The van der Waals surface area contributed by atoms with Crippen LogP contribution in [0.25, 0.3) is 5.57 Å². The molecule has 2 fully saturated rings. The number of benzene rings is 3. The molecule has 2 bridgehead atoms. The van der Waals surface area contributed by atoms with Crippen molar-refractivity contribution in [3.8, 4) is 0 Å². The zero-order chi connectivity index (χ0) is 23.4. The van der Waals surface area contributed by atoms with Gasteiger partial charge in [-0.2, -0.15) is 0 Å². The summed E-state index contributed by atoms with van der Waals surface area (Å²) in [5.74, 6) is -1.36. The molecule has 6 rings (SSSR count). The average Bonchev–Trinajstić information content (AvgIpc) is 3.50. The lowest BCUT2D eigenvalue weighted by Gasteiger charge is -2.21. The van der Waals surface area contributed by atoms with Crippen molar-refractivity contribution in [2.24, 2.45) is 23.7 Å². The van der Waals surface area contributed by atoms with Crippen molar-refractivity contribution < 1.29 is 14.4 Å². The summed E-state index contributed by atoms with van der Waals surface area (Å²) in [6.45, 7) is 1.50. The largest absolute Gasteiger partial charge is 0.295 e. The van der Waals surface area contributed by atoms with E-state index in [1.54, 1.807) is 24.3 Å². The van der Waals surface area contributed by atoms with E-state index in [0.29, 0.717) is 11.3 Å². The number of fused-ring (bicyclic) bond motifs is 5.